The van der Waals surface area contributed by atoms with Crippen LogP contribution in [-0.2, 0) is 20.2 Å². The maximum Gasteiger partial charge on any atom is 0.261 e. The molecule has 0 radical (unpaired) electrons. The third kappa shape index (κ3) is 3.20. The number of nitrogens with one attached hydrogen (secondary N) is 1. The van der Waals surface area contributed by atoms with Gasteiger partial charge >= 0.3 is 0 Å². The molecule has 4 rings (SSSR count). The van der Waals surface area contributed by atoms with Gasteiger partial charge in [-0.3, -0.25) is 9.52 Å². The Morgan fingerprint density at radius 2 is 1.89 bits per heavy atom. The van der Waals surface area contributed by atoms with Crippen LogP contribution in [0.2, 0.25) is 0 Å². The molecule has 1 saturated carbocycles. The average Bonchev–Trinajstić information content (AvgIpc) is 3.42. The van der Waals surface area contributed by atoms with Gasteiger partial charge in [0.15, 0.2) is 0 Å². The molecule has 1 heterocycles. The summed E-state index contributed by atoms with van der Waals surface area (Å²) >= 11 is 0. The van der Waals surface area contributed by atoms with Gasteiger partial charge in [0.25, 0.3) is 10.0 Å². The van der Waals surface area contributed by atoms with Gasteiger partial charge in [-0.05, 0) is 48.7 Å². The molecule has 0 spiro atoms. The van der Waals surface area contributed by atoms with Gasteiger partial charge in [0, 0.05) is 23.6 Å². The number of nitrogens with zero attached hydrogens (tertiary/aromatic N) is 1. The average molecular weight is 388 g/mol. The highest BCUT2D eigenvalue weighted by molar-refractivity contribution is 7.92. The van der Waals surface area contributed by atoms with Crippen molar-refractivity contribution in [3.8, 4) is 0 Å². The van der Waals surface area contributed by atoms with E-state index < -0.39 is 15.8 Å². The van der Waals surface area contributed by atoms with Crippen molar-refractivity contribution >= 4 is 27.3 Å². The van der Waals surface area contributed by atoms with Crippen LogP contribution in [0.15, 0.2) is 47.4 Å². The molecule has 1 fully saturated rings. The molecule has 2 aliphatic rings. The monoisotopic (exact) mass is 388 g/mol. The summed E-state index contributed by atoms with van der Waals surface area (Å²) in [4.78, 5) is 14.4. The van der Waals surface area contributed by atoms with E-state index in [1.54, 1.807) is 23.1 Å². The zero-order valence-electron chi connectivity index (χ0n) is 15.2. The van der Waals surface area contributed by atoms with E-state index in [-0.39, 0.29) is 27.8 Å². The van der Waals surface area contributed by atoms with Crippen LogP contribution < -0.4 is 9.62 Å². The molecule has 0 bridgehead atoms. The van der Waals surface area contributed by atoms with Crippen molar-refractivity contribution in [2.24, 2.45) is 5.92 Å². The molecule has 0 unspecified atom stereocenters. The van der Waals surface area contributed by atoms with Crippen LogP contribution in [0.25, 0.3) is 0 Å². The Labute approximate surface area is 158 Å². The van der Waals surface area contributed by atoms with Gasteiger partial charge in [-0.1, -0.05) is 26.0 Å². The van der Waals surface area contributed by atoms with Gasteiger partial charge in [0.05, 0.1) is 10.6 Å². The molecule has 0 aromatic heterocycles. The number of carbonyl (C=O) groups excluding carboxylic acids is 1. The summed E-state index contributed by atoms with van der Waals surface area (Å²) in [6, 6.07) is 10.4. The summed E-state index contributed by atoms with van der Waals surface area (Å²) in [6.07, 6.45) is 1.84. The Morgan fingerprint density at radius 1 is 1.19 bits per heavy atom. The summed E-state index contributed by atoms with van der Waals surface area (Å²) in [5, 5.41) is 0. The van der Waals surface area contributed by atoms with Crippen molar-refractivity contribution in [3.63, 3.8) is 0 Å². The molecule has 0 atom stereocenters. The topological polar surface area (TPSA) is 66.5 Å². The number of carbonyl (C=O) groups is 1. The van der Waals surface area contributed by atoms with Gasteiger partial charge in [-0.15, -0.1) is 0 Å². The fraction of sp³-hybridized carbons (Fsp3) is 0.350. The Morgan fingerprint density at radius 3 is 2.56 bits per heavy atom. The van der Waals surface area contributed by atoms with Gasteiger partial charge in [0.2, 0.25) is 5.91 Å². The van der Waals surface area contributed by atoms with Crippen molar-refractivity contribution < 1.29 is 17.6 Å². The quantitative estimate of drug-likeness (QED) is 0.869. The highest BCUT2D eigenvalue weighted by atomic mass is 32.2. The molecule has 7 heteroatoms. The summed E-state index contributed by atoms with van der Waals surface area (Å²) in [5.74, 6) is -0.427. The van der Waals surface area contributed by atoms with E-state index in [9.17, 15) is 17.6 Å². The number of fused-ring (bicyclic) bond motifs is 1. The number of hydrogen-bond donors (Lipinski definition) is 1. The number of benzene rings is 2. The third-order valence-electron chi connectivity index (χ3n) is 5.16. The summed E-state index contributed by atoms with van der Waals surface area (Å²) in [5.41, 5.74) is 1.13. The van der Waals surface area contributed by atoms with Crippen molar-refractivity contribution in [2.45, 2.75) is 37.0 Å². The molecule has 2 aromatic carbocycles. The highest BCUT2D eigenvalue weighted by Crippen LogP contribution is 2.44. The van der Waals surface area contributed by atoms with E-state index in [0.717, 1.165) is 24.1 Å². The van der Waals surface area contributed by atoms with E-state index in [2.05, 4.69) is 4.72 Å². The summed E-state index contributed by atoms with van der Waals surface area (Å²) in [7, 11) is -3.94. The van der Waals surface area contributed by atoms with Crippen molar-refractivity contribution in [3.05, 3.63) is 53.8 Å². The zero-order valence-corrected chi connectivity index (χ0v) is 16.0. The Kier molecular flexibility index (Phi) is 4.03. The predicted octanol–water partition coefficient (Wildman–Crippen LogP) is 3.66. The maximum atomic E-state index is 13.8. The van der Waals surface area contributed by atoms with E-state index in [1.165, 1.54) is 24.3 Å². The molecule has 27 heavy (non-hydrogen) atoms. The van der Waals surface area contributed by atoms with Crippen molar-refractivity contribution in [2.75, 3.05) is 16.2 Å². The SMILES string of the molecule is CC1(C)CN(C(=O)C2CC2)c2ccc(S(=O)(=O)Nc3ccccc3F)cc21. The standard InChI is InChI=1S/C20H21FN2O3S/c1-20(2)12-23(19(24)13-7-8-13)18-10-9-14(11-15(18)20)27(25,26)22-17-6-4-3-5-16(17)21/h3-6,9-11,13,22H,7-8,12H2,1-2H3. The first kappa shape index (κ1) is 18.0. The van der Waals surface area contributed by atoms with Crippen molar-refractivity contribution in [1.29, 1.82) is 0 Å². The molecule has 142 valence electrons. The number of sulfonamides is 1. The van der Waals surface area contributed by atoms with Gasteiger partial charge in [-0.25, -0.2) is 12.8 Å². The zero-order chi connectivity index (χ0) is 19.4. The van der Waals surface area contributed by atoms with Gasteiger partial charge < -0.3 is 4.90 Å². The lowest BCUT2D eigenvalue weighted by atomic mass is 9.87. The van der Waals surface area contributed by atoms with E-state index in [1.807, 2.05) is 13.8 Å². The highest BCUT2D eigenvalue weighted by Gasteiger charge is 2.43. The Balaban J connectivity index is 1.70. The predicted molar refractivity (Wildman–Crippen MR) is 102 cm³/mol. The number of halogens is 1. The number of para-hydroxylation sites is 1. The Bertz CT molecular complexity index is 1030. The summed E-state index contributed by atoms with van der Waals surface area (Å²) in [6.45, 7) is 4.52. The van der Waals surface area contributed by atoms with E-state index >= 15 is 0 Å². The first-order chi connectivity index (χ1) is 12.7. The lowest BCUT2D eigenvalue weighted by Gasteiger charge is -2.20. The van der Waals surface area contributed by atoms with E-state index in [4.69, 9.17) is 0 Å². The second kappa shape index (κ2) is 6.05. The molecule has 1 aliphatic carbocycles. The molecule has 5 nitrogen and oxygen atoms in total. The smallest absolute Gasteiger partial charge is 0.261 e. The van der Waals surface area contributed by atoms with Crippen LogP contribution in [0.4, 0.5) is 15.8 Å². The van der Waals surface area contributed by atoms with Crippen LogP contribution in [0.5, 0.6) is 0 Å². The fourth-order valence-electron chi connectivity index (χ4n) is 3.52. The third-order valence-corrected chi connectivity index (χ3v) is 6.53. The minimum atomic E-state index is -3.94. The Hall–Kier alpha value is -2.41. The minimum absolute atomic E-state index is 0.0540. The second-order valence-corrected chi connectivity index (χ2v) is 9.53. The van der Waals surface area contributed by atoms with Crippen LogP contribution >= 0.6 is 0 Å². The number of anilines is 2. The first-order valence-corrected chi connectivity index (χ1v) is 10.4. The summed E-state index contributed by atoms with van der Waals surface area (Å²) < 4.78 is 41.6. The van der Waals surface area contributed by atoms with Crippen LogP contribution in [-0.4, -0.2) is 20.9 Å². The fourth-order valence-corrected chi connectivity index (χ4v) is 4.61. The molecular weight excluding hydrogens is 367 g/mol. The van der Waals surface area contributed by atoms with Gasteiger partial charge in [-0.2, -0.15) is 0 Å². The van der Waals surface area contributed by atoms with Gasteiger partial charge in [0.1, 0.15) is 5.82 Å². The second-order valence-electron chi connectivity index (χ2n) is 7.85. The largest absolute Gasteiger partial charge is 0.311 e. The van der Waals surface area contributed by atoms with Crippen molar-refractivity contribution in [1.82, 2.24) is 0 Å². The minimum Gasteiger partial charge on any atom is -0.311 e. The lowest BCUT2D eigenvalue weighted by Crippen LogP contribution is -2.34. The molecule has 1 amide bonds. The lowest BCUT2D eigenvalue weighted by molar-refractivity contribution is -0.119. The maximum absolute atomic E-state index is 13.8. The number of rotatable bonds is 4. The molecule has 1 aliphatic heterocycles. The van der Waals surface area contributed by atoms with Crippen LogP contribution in [0.3, 0.4) is 0 Å². The van der Waals surface area contributed by atoms with Crippen LogP contribution in [0.1, 0.15) is 32.3 Å². The van der Waals surface area contributed by atoms with Crippen LogP contribution in [0, 0.1) is 11.7 Å². The normalized spacial score (nSPS) is 18.3. The molecule has 0 saturated heterocycles. The molecular formula is C20H21FN2O3S. The molecule has 2 aromatic rings. The number of hydrogen-bond acceptors (Lipinski definition) is 3. The molecule has 1 N–H and O–H groups in total. The van der Waals surface area contributed by atoms with E-state index in [0.29, 0.717) is 6.54 Å². The first-order valence-electron chi connectivity index (χ1n) is 8.92. The number of amides is 1.